The Morgan fingerprint density at radius 1 is 1.45 bits per heavy atom. The topological polar surface area (TPSA) is 63.6 Å². The Morgan fingerprint density at radius 2 is 2.20 bits per heavy atom. The van der Waals surface area contributed by atoms with Gasteiger partial charge in [-0.15, -0.1) is 0 Å². The summed E-state index contributed by atoms with van der Waals surface area (Å²) in [7, 11) is -1.25. The first-order valence-electron chi connectivity index (χ1n) is 6.91. The van der Waals surface area contributed by atoms with Crippen LogP contribution in [0.15, 0.2) is 18.2 Å². The van der Waals surface area contributed by atoms with E-state index in [1.807, 2.05) is 25.1 Å². The van der Waals surface area contributed by atoms with Gasteiger partial charge in [0.05, 0.1) is 24.7 Å². The highest BCUT2D eigenvalue weighted by molar-refractivity contribution is 7.91. The molecule has 2 atom stereocenters. The minimum absolute atomic E-state index is 0.0887. The Morgan fingerprint density at radius 3 is 2.80 bits per heavy atom. The summed E-state index contributed by atoms with van der Waals surface area (Å²) >= 11 is 0. The van der Waals surface area contributed by atoms with E-state index in [0.29, 0.717) is 19.3 Å². The lowest BCUT2D eigenvalue weighted by atomic mass is 9.96. The quantitative estimate of drug-likeness (QED) is 0.899. The molecule has 0 bridgehead atoms. The van der Waals surface area contributed by atoms with Gasteiger partial charge >= 0.3 is 0 Å². The fourth-order valence-corrected chi connectivity index (χ4v) is 4.73. The van der Waals surface area contributed by atoms with Crippen molar-refractivity contribution in [3.63, 3.8) is 0 Å². The summed E-state index contributed by atoms with van der Waals surface area (Å²) in [6, 6.07) is 5.88. The summed E-state index contributed by atoms with van der Waals surface area (Å²) in [4.78, 5) is 0. The SMILES string of the molecule is COc1ccc(C)cc1CC(O)CC1CCS(=O)(=O)C1. The summed E-state index contributed by atoms with van der Waals surface area (Å²) in [5.41, 5.74) is 2.09. The second kappa shape index (κ2) is 6.14. The highest BCUT2D eigenvalue weighted by Crippen LogP contribution is 2.26. The number of aliphatic hydroxyl groups excluding tert-OH is 1. The molecule has 2 rings (SSSR count). The number of rotatable bonds is 5. The number of sulfone groups is 1. The van der Waals surface area contributed by atoms with Crippen molar-refractivity contribution in [3.8, 4) is 5.75 Å². The molecular formula is C15H22O4S. The molecule has 0 aromatic heterocycles. The van der Waals surface area contributed by atoms with Crippen molar-refractivity contribution in [1.29, 1.82) is 0 Å². The normalized spacial score (nSPS) is 22.6. The van der Waals surface area contributed by atoms with E-state index in [1.54, 1.807) is 7.11 Å². The van der Waals surface area contributed by atoms with Crippen molar-refractivity contribution < 1.29 is 18.3 Å². The molecule has 0 spiro atoms. The Hall–Kier alpha value is -1.07. The third kappa shape index (κ3) is 3.96. The number of ether oxygens (including phenoxy) is 1. The van der Waals surface area contributed by atoms with E-state index in [1.165, 1.54) is 0 Å². The largest absolute Gasteiger partial charge is 0.496 e. The number of aliphatic hydroxyl groups is 1. The van der Waals surface area contributed by atoms with E-state index < -0.39 is 15.9 Å². The minimum Gasteiger partial charge on any atom is -0.496 e. The summed E-state index contributed by atoms with van der Waals surface area (Å²) in [5.74, 6) is 1.34. The van der Waals surface area contributed by atoms with Crippen LogP contribution in [0.5, 0.6) is 5.75 Å². The maximum Gasteiger partial charge on any atom is 0.150 e. The van der Waals surface area contributed by atoms with Crippen molar-refractivity contribution >= 4 is 9.84 Å². The van der Waals surface area contributed by atoms with Crippen LogP contribution in [-0.2, 0) is 16.3 Å². The van der Waals surface area contributed by atoms with Crippen LogP contribution in [0.1, 0.15) is 24.0 Å². The van der Waals surface area contributed by atoms with Crippen molar-refractivity contribution in [2.45, 2.75) is 32.3 Å². The molecule has 1 aromatic rings. The lowest BCUT2D eigenvalue weighted by Crippen LogP contribution is -2.17. The molecule has 4 nitrogen and oxygen atoms in total. The van der Waals surface area contributed by atoms with Crippen molar-refractivity contribution in [2.75, 3.05) is 18.6 Å². The summed E-state index contributed by atoms with van der Waals surface area (Å²) in [6.07, 6.45) is 1.19. The minimum atomic E-state index is -2.87. The zero-order chi connectivity index (χ0) is 14.8. The zero-order valence-electron chi connectivity index (χ0n) is 12.0. The van der Waals surface area contributed by atoms with E-state index >= 15 is 0 Å². The fraction of sp³-hybridized carbons (Fsp3) is 0.600. The smallest absolute Gasteiger partial charge is 0.150 e. The van der Waals surface area contributed by atoms with Gasteiger partial charge < -0.3 is 9.84 Å². The van der Waals surface area contributed by atoms with Gasteiger partial charge in [-0.1, -0.05) is 17.7 Å². The average Bonchev–Trinajstić information content (AvgIpc) is 2.68. The lowest BCUT2D eigenvalue weighted by Gasteiger charge is -2.16. The third-order valence-corrected chi connectivity index (χ3v) is 5.66. The number of methoxy groups -OCH3 is 1. The van der Waals surface area contributed by atoms with Gasteiger partial charge in [0.1, 0.15) is 5.75 Å². The Balaban J connectivity index is 1.98. The van der Waals surface area contributed by atoms with E-state index in [9.17, 15) is 13.5 Å². The van der Waals surface area contributed by atoms with E-state index in [-0.39, 0.29) is 17.4 Å². The number of hydrogen-bond acceptors (Lipinski definition) is 4. The first-order valence-corrected chi connectivity index (χ1v) is 8.74. The van der Waals surface area contributed by atoms with Gasteiger partial charge in [-0.05, 0) is 37.3 Å². The monoisotopic (exact) mass is 298 g/mol. The Kier molecular flexibility index (Phi) is 4.70. The van der Waals surface area contributed by atoms with Crippen LogP contribution in [0, 0.1) is 12.8 Å². The highest BCUT2D eigenvalue weighted by atomic mass is 32.2. The average molecular weight is 298 g/mol. The van der Waals surface area contributed by atoms with Gasteiger partial charge in [0.25, 0.3) is 0 Å². The van der Waals surface area contributed by atoms with Crippen LogP contribution in [0.25, 0.3) is 0 Å². The van der Waals surface area contributed by atoms with Gasteiger partial charge in [0, 0.05) is 6.42 Å². The predicted octanol–water partition coefficient (Wildman–Crippen LogP) is 1.73. The van der Waals surface area contributed by atoms with Gasteiger partial charge in [-0.2, -0.15) is 0 Å². The van der Waals surface area contributed by atoms with E-state index in [2.05, 4.69) is 0 Å². The Labute approximate surface area is 120 Å². The molecule has 1 aliphatic heterocycles. The van der Waals surface area contributed by atoms with Crippen molar-refractivity contribution in [1.82, 2.24) is 0 Å². The molecule has 0 amide bonds. The predicted molar refractivity (Wildman–Crippen MR) is 78.8 cm³/mol. The standard InChI is InChI=1S/C15H22O4S/c1-11-3-4-15(19-2)13(7-11)9-14(16)8-12-5-6-20(17,18)10-12/h3-4,7,12,14,16H,5-6,8-10H2,1-2H3. The fourth-order valence-electron chi connectivity index (χ4n) is 2.85. The highest BCUT2D eigenvalue weighted by Gasteiger charge is 2.29. The number of benzene rings is 1. The van der Waals surface area contributed by atoms with Crippen LogP contribution in [-0.4, -0.2) is 38.2 Å². The molecule has 2 unspecified atom stereocenters. The zero-order valence-corrected chi connectivity index (χ0v) is 12.8. The number of hydrogen-bond donors (Lipinski definition) is 1. The molecule has 5 heteroatoms. The molecule has 0 aliphatic carbocycles. The van der Waals surface area contributed by atoms with E-state index in [4.69, 9.17) is 4.74 Å². The van der Waals surface area contributed by atoms with Gasteiger partial charge in [0.2, 0.25) is 0 Å². The molecule has 112 valence electrons. The molecule has 1 heterocycles. The van der Waals surface area contributed by atoms with Crippen LogP contribution in [0.2, 0.25) is 0 Å². The van der Waals surface area contributed by atoms with Gasteiger partial charge in [-0.25, -0.2) is 8.42 Å². The Bertz CT molecular complexity index is 565. The lowest BCUT2D eigenvalue weighted by molar-refractivity contribution is 0.146. The van der Waals surface area contributed by atoms with Gasteiger partial charge in [0.15, 0.2) is 9.84 Å². The van der Waals surface area contributed by atoms with Crippen LogP contribution in [0.3, 0.4) is 0 Å². The molecule has 1 aliphatic rings. The molecule has 20 heavy (non-hydrogen) atoms. The van der Waals surface area contributed by atoms with Crippen molar-refractivity contribution in [3.05, 3.63) is 29.3 Å². The second-order valence-corrected chi connectivity index (χ2v) is 7.91. The number of aryl methyl sites for hydroxylation is 1. The molecule has 0 radical (unpaired) electrons. The molecule has 1 fully saturated rings. The first kappa shape index (κ1) is 15.3. The molecular weight excluding hydrogens is 276 g/mol. The van der Waals surface area contributed by atoms with Crippen molar-refractivity contribution in [2.24, 2.45) is 5.92 Å². The first-order chi connectivity index (χ1) is 9.39. The summed E-state index contributed by atoms with van der Waals surface area (Å²) in [6.45, 7) is 2.00. The third-order valence-electron chi connectivity index (χ3n) is 3.82. The molecule has 1 aromatic carbocycles. The molecule has 1 saturated heterocycles. The maximum absolute atomic E-state index is 11.4. The van der Waals surface area contributed by atoms with Crippen LogP contribution < -0.4 is 4.74 Å². The second-order valence-electron chi connectivity index (χ2n) is 5.68. The van der Waals surface area contributed by atoms with Crippen LogP contribution in [0.4, 0.5) is 0 Å². The van der Waals surface area contributed by atoms with E-state index in [0.717, 1.165) is 16.9 Å². The van der Waals surface area contributed by atoms with Gasteiger partial charge in [-0.3, -0.25) is 0 Å². The summed E-state index contributed by atoms with van der Waals surface area (Å²) < 4.78 is 28.1. The summed E-state index contributed by atoms with van der Waals surface area (Å²) in [5, 5.41) is 10.2. The molecule has 1 N–H and O–H groups in total. The molecule has 0 saturated carbocycles. The van der Waals surface area contributed by atoms with Crippen LogP contribution >= 0.6 is 0 Å². The maximum atomic E-state index is 11.4.